The van der Waals surface area contributed by atoms with E-state index in [0.29, 0.717) is 21.8 Å². The van der Waals surface area contributed by atoms with Crippen molar-refractivity contribution >= 4 is 28.8 Å². The van der Waals surface area contributed by atoms with E-state index in [1.165, 1.54) is 21.8 Å². The Hall–Kier alpha value is -2.99. The monoisotopic (exact) mass is 393 g/mol. The van der Waals surface area contributed by atoms with Crippen LogP contribution in [-0.4, -0.2) is 35.8 Å². The van der Waals surface area contributed by atoms with Crippen LogP contribution in [0.15, 0.2) is 48.5 Å². The fourth-order valence-corrected chi connectivity index (χ4v) is 3.76. The number of carbonyl (C=O) groups is 2. The Bertz CT molecular complexity index is 1010. The maximum atomic E-state index is 12.8. The molecular formula is C22H23N3O2S. The molecule has 6 heteroatoms. The summed E-state index contributed by atoms with van der Waals surface area (Å²) < 4.78 is 0. The standard InChI is InChI=1S/C22H23N3O2S/c1-5-15-9-11-16(12-10-15)21-23-14(2)19(28-21)20(26)24-18-8-6-7-17(13-18)22(27)25(3)4/h6-13H,5H2,1-4H3,(H,24,26). The number of benzene rings is 2. The molecule has 3 aromatic rings. The second-order valence-electron chi connectivity index (χ2n) is 6.72. The van der Waals surface area contributed by atoms with E-state index in [-0.39, 0.29) is 11.8 Å². The predicted molar refractivity (Wildman–Crippen MR) is 114 cm³/mol. The maximum Gasteiger partial charge on any atom is 0.267 e. The molecule has 0 fully saturated rings. The highest BCUT2D eigenvalue weighted by molar-refractivity contribution is 7.17. The molecule has 0 aliphatic carbocycles. The lowest BCUT2D eigenvalue weighted by Crippen LogP contribution is -2.21. The third-order valence-electron chi connectivity index (χ3n) is 4.39. The molecule has 2 amide bonds. The van der Waals surface area contributed by atoms with Crippen molar-refractivity contribution in [3.63, 3.8) is 0 Å². The van der Waals surface area contributed by atoms with Crippen molar-refractivity contribution in [2.24, 2.45) is 0 Å². The second-order valence-corrected chi connectivity index (χ2v) is 7.72. The van der Waals surface area contributed by atoms with Crippen molar-refractivity contribution in [3.05, 3.63) is 70.2 Å². The van der Waals surface area contributed by atoms with Gasteiger partial charge in [0.1, 0.15) is 9.88 Å². The summed E-state index contributed by atoms with van der Waals surface area (Å²) in [4.78, 5) is 31.5. The first kappa shape index (κ1) is 19.8. The minimum Gasteiger partial charge on any atom is -0.345 e. The molecule has 28 heavy (non-hydrogen) atoms. The summed E-state index contributed by atoms with van der Waals surface area (Å²) in [6.07, 6.45) is 0.986. The highest BCUT2D eigenvalue weighted by Crippen LogP contribution is 2.29. The third kappa shape index (κ3) is 4.28. The Morgan fingerprint density at radius 3 is 2.46 bits per heavy atom. The van der Waals surface area contributed by atoms with Crippen molar-refractivity contribution in [1.29, 1.82) is 0 Å². The van der Waals surface area contributed by atoms with Gasteiger partial charge in [-0.15, -0.1) is 11.3 Å². The van der Waals surface area contributed by atoms with Gasteiger partial charge in [-0.2, -0.15) is 0 Å². The van der Waals surface area contributed by atoms with Crippen molar-refractivity contribution in [3.8, 4) is 10.6 Å². The van der Waals surface area contributed by atoms with E-state index in [4.69, 9.17) is 0 Å². The third-order valence-corrected chi connectivity index (χ3v) is 5.59. The molecule has 144 valence electrons. The van der Waals surface area contributed by atoms with E-state index < -0.39 is 0 Å². The number of thiazole rings is 1. The van der Waals surface area contributed by atoms with Crippen LogP contribution in [0, 0.1) is 6.92 Å². The number of amides is 2. The summed E-state index contributed by atoms with van der Waals surface area (Å²) in [7, 11) is 3.39. The molecule has 0 spiro atoms. The van der Waals surface area contributed by atoms with E-state index in [9.17, 15) is 9.59 Å². The molecule has 0 unspecified atom stereocenters. The molecule has 0 bridgehead atoms. The maximum absolute atomic E-state index is 12.8. The number of carbonyl (C=O) groups excluding carboxylic acids is 2. The fraction of sp³-hybridized carbons (Fsp3) is 0.227. The lowest BCUT2D eigenvalue weighted by molar-refractivity contribution is 0.0827. The Morgan fingerprint density at radius 1 is 1.11 bits per heavy atom. The molecule has 2 aromatic carbocycles. The van der Waals surface area contributed by atoms with Gasteiger partial charge in [-0.3, -0.25) is 9.59 Å². The number of hydrogen-bond acceptors (Lipinski definition) is 4. The molecule has 0 aliphatic heterocycles. The Morgan fingerprint density at radius 2 is 1.82 bits per heavy atom. The van der Waals surface area contributed by atoms with Crippen LogP contribution in [0.2, 0.25) is 0 Å². The first-order chi connectivity index (χ1) is 13.4. The number of aromatic nitrogens is 1. The number of aryl methyl sites for hydroxylation is 2. The van der Waals surface area contributed by atoms with Crippen LogP contribution in [0.3, 0.4) is 0 Å². The Labute approximate surface area is 169 Å². The van der Waals surface area contributed by atoms with E-state index in [0.717, 1.165) is 17.0 Å². The lowest BCUT2D eigenvalue weighted by Gasteiger charge is -2.11. The topological polar surface area (TPSA) is 62.3 Å². The first-order valence-corrected chi connectivity index (χ1v) is 9.90. The molecule has 0 atom stereocenters. The summed E-state index contributed by atoms with van der Waals surface area (Å²) in [5, 5.41) is 3.70. The van der Waals surface area contributed by atoms with Crippen LogP contribution >= 0.6 is 11.3 Å². The van der Waals surface area contributed by atoms with Crippen LogP contribution in [0.5, 0.6) is 0 Å². The normalized spacial score (nSPS) is 10.6. The molecule has 3 rings (SSSR count). The van der Waals surface area contributed by atoms with Gasteiger partial charge in [0, 0.05) is 30.9 Å². The summed E-state index contributed by atoms with van der Waals surface area (Å²) >= 11 is 1.37. The van der Waals surface area contributed by atoms with Crippen molar-refractivity contribution in [2.75, 3.05) is 19.4 Å². The Kier molecular flexibility index (Phi) is 5.90. The average molecular weight is 394 g/mol. The highest BCUT2D eigenvalue weighted by atomic mass is 32.1. The molecule has 0 aliphatic rings. The Balaban J connectivity index is 1.81. The molecule has 1 aromatic heterocycles. The number of rotatable bonds is 5. The highest BCUT2D eigenvalue weighted by Gasteiger charge is 2.17. The van der Waals surface area contributed by atoms with Crippen LogP contribution in [0.4, 0.5) is 5.69 Å². The van der Waals surface area contributed by atoms with Gasteiger partial charge in [0.15, 0.2) is 0 Å². The van der Waals surface area contributed by atoms with Gasteiger partial charge < -0.3 is 10.2 Å². The number of hydrogen-bond donors (Lipinski definition) is 1. The van der Waals surface area contributed by atoms with Crippen molar-refractivity contribution < 1.29 is 9.59 Å². The number of nitrogens with one attached hydrogen (secondary N) is 1. The van der Waals surface area contributed by atoms with Gasteiger partial charge in [-0.1, -0.05) is 37.3 Å². The predicted octanol–water partition coefficient (Wildman–Crippen LogP) is 4.64. The van der Waals surface area contributed by atoms with E-state index >= 15 is 0 Å². The lowest BCUT2D eigenvalue weighted by atomic mass is 10.1. The summed E-state index contributed by atoms with van der Waals surface area (Å²) in [5.41, 5.74) is 4.07. The summed E-state index contributed by atoms with van der Waals surface area (Å²) in [5.74, 6) is -0.330. The van der Waals surface area contributed by atoms with Gasteiger partial charge in [0.2, 0.25) is 0 Å². The zero-order chi connectivity index (χ0) is 20.3. The van der Waals surface area contributed by atoms with Gasteiger partial charge in [0.05, 0.1) is 5.69 Å². The molecule has 0 saturated carbocycles. The van der Waals surface area contributed by atoms with E-state index in [2.05, 4.69) is 29.4 Å². The molecule has 1 N–H and O–H groups in total. The average Bonchev–Trinajstić information content (AvgIpc) is 3.09. The molecule has 1 heterocycles. The van der Waals surface area contributed by atoms with Crippen LogP contribution in [0.1, 0.15) is 38.2 Å². The second kappa shape index (κ2) is 8.35. The first-order valence-electron chi connectivity index (χ1n) is 9.09. The fourth-order valence-electron chi connectivity index (χ4n) is 2.79. The quantitative estimate of drug-likeness (QED) is 0.687. The van der Waals surface area contributed by atoms with Crippen molar-refractivity contribution in [1.82, 2.24) is 9.88 Å². The molecule has 5 nitrogen and oxygen atoms in total. The number of anilines is 1. The van der Waals surface area contributed by atoms with Crippen LogP contribution < -0.4 is 5.32 Å². The zero-order valence-corrected chi connectivity index (χ0v) is 17.3. The molecule has 0 radical (unpaired) electrons. The summed E-state index contributed by atoms with van der Waals surface area (Å²) in [6.45, 7) is 3.95. The zero-order valence-electron chi connectivity index (χ0n) is 16.4. The minimum atomic E-state index is -0.221. The van der Waals surface area contributed by atoms with E-state index in [1.807, 2.05) is 19.1 Å². The SMILES string of the molecule is CCc1ccc(-c2nc(C)c(C(=O)Nc3cccc(C(=O)N(C)C)c3)s2)cc1. The van der Waals surface area contributed by atoms with Gasteiger partial charge in [0.25, 0.3) is 11.8 Å². The molecular weight excluding hydrogens is 370 g/mol. The largest absolute Gasteiger partial charge is 0.345 e. The van der Waals surface area contributed by atoms with E-state index in [1.54, 1.807) is 38.4 Å². The van der Waals surface area contributed by atoms with Gasteiger partial charge >= 0.3 is 0 Å². The smallest absolute Gasteiger partial charge is 0.267 e. The van der Waals surface area contributed by atoms with Crippen molar-refractivity contribution in [2.45, 2.75) is 20.3 Å². The minimum absolute atomic E-state index is 0.108. The van der Waals surface area contributed by atoms with Crippen LogP contribution in [-0.2, 0) is 6.42 Å². The number of nitrogens with zero attached hydrogens (tertiary/aromatic N) is 2. The molecule has 0 saturated heterocycles. The van der Waals surface area contributed by atoms with Gasteiger partial charge in [-0.05, 0) is 37.1 Å². The summed E-state index contributed by atoms with van der Waals surface area (Å²) in [6, 6.07) is 15.2. The van der Waals surface area contributed by atoms with Crippen LogP contribution in [0.25, 0.3) is 10.6 Å². The van der Waals surface area contributed by atoms with Gasteiger partial charge in [-0.25, -0.2) is 4.98 Å².